The van der Waals surface area contributed by atoms with Crippen LogP contribution in [0.2, 0.25) is 0 Å². The first kappa shape index (κ1) is 12.7. The first-order chi connectivity index (χ1) is 8.38. The standard InChI is InChI=1S/C8H8F3N5OS/c1-4-2-5(15-17-4)3-18-7-14-13-6(16(7)12)8(9,10)11/h2H,3,12H2,1H3. The van der Waals surface area contributed by atoms with Crippen molar-refractivity contribution in [3.63, 3.8) is 0 Å². The van der Waals surface area contributed by atoms with Gasteiger partial charge in [0.2, 0.25) is 5.16 Å². The zero-order chi connectivity index (χ0) is 13.3. The molecule has 0 spiro atoms. The first-order valence-corrected chi connectivity index (χ1v) is 5.69. The average Bonchev–Trinajstić information content (AvgIpc) is 2.81. The van der Waals surface area contributed by atoms with Crippen molar-refractivity contribution in [1.82, 2.24) is 20.0 Å². The molecule has 2 N–H and O–H groups in total. The Balaban J connectivity index is 2.09. The van der Waals surface area contributed by atoms with E-state index in [0.29, 0.717) is 21.9 Å². The van der Waals surface area contributed by atoms with Gasteiger partial charge in [-0.15, -0.1) is 10.2 Å². The van der Waals surface area contributed by atoms with Crippen LogP contribution in [0.1, 0.15) is 17.3 Å². The van der Waals surface area contributed by atoms with E-state index < -0.39 is 12.0 Å². The molecule has 0 aliphatic heterocycles. The molecule has 0 atom stereocenters. The smallest absolute Gasteiger partial charge is 0.361 e. The normalized spacial score (nSPS) is 12.0. The lowest BCUT2D eigenvalue weighted by atomic mass is 10.4. The van der Waals surface area contributed by atoms with Gasteiger partial charge in [-0.1, -0.05) is 16.9 Å². The highest BCUT2D eigenvalue weighted by Gasteiger charge is 2.38. The number of hydrogen-bond acceptors (Lipinski definition) is 6. The quantitative estimate of drug-likeness (QED) is 0.678. The Bertz CT molecular complexity index is 549. The summed E-state index contributed by atoms with van der Waals surface area (Å²) in [5.74, 6) is 4.95. The molecule has 0 amide bonds. The first-order valence-electron chi connectivity index (χ1n) is 4.70. The molecule has 6 nitrogen and oxygen atoms in total. The summed E-state index contributed by atoms with van der Waals surface area (Å²) in [4.78, 5) is 0. The van der Waals surface area contributed by atoms with E-state index in [1.54, 1.807) is 13.0 Å². The van der Waals surface area contributed by atoms with E-state index in [1.165, 1.54) is 0 Å². The molecule has 0 bridgehead atoms. The SMILES string of the molecule is Cc1cc(CSc2nnc(C(F)(F)F)n2N)no1. The van der Waals surface area contributed by atoms with E-state index in [9.17, 15) is 13.2 Å². The highest BCUT2D eigenvalue weighted by atomic mass is 32.2. The van der Waals surface area contributed by atoms with Crippen LogP contribution >= 0.6 is 11.8 Å². The van der Waals surface area contributed by atoms with Crippen molar-refractivity contribution >= 4 is 11.8 Å². The van der Waals surface area contributed by atoms with Crippen molar-refractivity contribution in [2.24, 2.45) is 0 Å². The summed E-state index contributed by atoms with van der Waals surface area (Å²) in [6, 6.07) is 1.68. The predicted octanol–water partition coefficient (Wildman–Crippen LogP) is 1.60. The predicted molar refractivity (Wildman–Crippen MR) is 56.0 cm³/mol. The van der Waals surface area contributed by atoms with Crippen LogP contribution in [-0.4, -0.2) is 20.0 Å². The van der Waals surface area contributed by atoms with Crippen molar-refractivity contribution in [3.8, 4) is 0 Å². The summed E-state index contributed by atoms with van der Waals surface area (Å²) in [6.45, 7) is 1.72. The molecule has 98 valence electrons. The number of nitrogen functional groups attached to an aromatic ring is 1. The maximum atomic E-state index is 12.4. The minimum Gasteiger partial charge on any atom is -0.361 e. The molecule has 18 heavy (non-hydrogen) atoms. The second-order valence-corrected chi connectivity index (χ2v) is 4.33. The second kappa shape index (κ2) is 4.52. The average molecular weight is 279 g/mol. The van der Waals surface area contributed by atoms with Gasteiger partial charge < -0.3 is 10.4 Å². The Labute approximate surface area is 103 Å². The van der Waals surface area contributed by atoms with Crippen LogP contribution in [0.15, 0.2) is 15.7 Å². The summed E-state index contributed by atoms with van der Waals surface area (Å²) >= 11 is 0.992. The van der Waals surface area contributed by atoms with Gasteiger partial charge in [-0.25, -0.2) is 4.68 Å². The Hall–Kier alpha value is -1.71. The van der Waals surface area contributed by atoms with Gasteiger partial charge in [-0.2, -0.15) is 13.2 Å². The van der Waals surface area contributed by atoms with Crippen molar-refractivity contribution in [1.29, 1.82) is 0 Å². The molecule has 0 unspecified atom stereocenters. The van der Waals surface area contributed by atoms with Gasteiger partial charge in [0.15, 0.2) is 0 Å². The highest BCUT2D eigenvalue weighted by Crippen LogP contribution is 2.29. The molecule has 2 aromatic heterocycles. The molecule has 2 heterocycles. The van der Waals surface area contributed by atoms with Crippen LogP contribution in [0.3, 0.4) is 0 Å². The van der Waals surface area contributed by atoms with Crippen LogP contribution in [-0.2, 0) is 11.9 Å². The number of aromatic nitrogens is 4. The van der Waals surface area contributed by atoms with E-state index >= 15 is 0 Å². The lowest BCUT2D eigenvalue weighted by Crippen LogP contribution is -2.21. The molecule has 2 rings (SSSR count). The van der Waals surface area contributed by atoms with E-state index in [-0.39, 0.29) is 5.16 Å². The molecule has 0 radical (unpaired) electrons. The molecule has 0 fully saturated rings. The Morgan fingerprint density at radius 3 is 2.67 bits per heavy atom. The molecule has 10 heteroatoms. The molecular formula is C8H8F3N5OS. The highest BCUT2D eigenvalue weighted by molar-refractivity contribution is 7.98. The van der Waals surface area contributed by atoms with E-state index in [4.69, 9.17) is 10.4 Å². The maximum Gasteiger partial charge on any atom is 0.453 e. The number of thioether (sulfide) groups is 1. The topological polar surface area (TPSA) is 82.8 Å². The number of hydrogen-bond donors (Lipinski definition) is 1. The minimum atomic E-state index is -4.62. The lowest BCUT2D eigenvalue weighted by molar-refractivity contribution is -0.146. The Kier molecular flexibility index (Phi) is 3.20. The zero-order valence-electron chi connectivity index (χ0n) is 9.10. The van der Waals surface area contributed by atoms with Crippen LogP contribution in [0.4, 0.5) is 13.2 Å². The van der Waals surface area contributed by atoms with Crippen LogP contribution in [0, 0.1) is 6.92 Å². The van der Waals surface area contributed by atoms with Gasteiger partial charge in [-0.05, 0) is 6.92 Å². The number of aryl methyl sites for hydroxylation is 1. The number of nitrogens with zero attached hydrogens (tertiary/aromatic N) is 4. The largest absolute Gasteiger partial charge is 0.453 e. The molecule has 0 saturated heterocycles. The monoisotopic (exact) mass is 279 g/mol. The van der Waals surface area contributed by atoms with Crippen molar-refractivity contribution in [2.45, 2.75) is 24.0 Å². The van der Waals surface area contributed by atoms with Crippen molar-refractivity contribution in [2.75, 3.05) is 5.84 Å². The minimum absolute atomic E-state index is 0.0389. The van der Waals surface area contributed by atoms with Crippen LogP contribution in [0.5, 0.6) is 0 Å². The van der Waals surface area contributed by atoms with Gasteiger partial charge in [-0.3, -0.25) is 0 Å². The van der Waals surface area contributed by atoms with E-state index in [1.807, 2.05) is 0 Å². The summed E-state index contributed by atoms with van der Waals surface area (Å²) in [6.07, 6.45) is -4.62. The maximum absolute atomic E-state index is 12.4. The van der Waals surface area contributed by atoms with Crippen molar-refractivity contribution in [3.05, 3.63) is 23.3 Å². The second-order valence-electron chi connectivity index (χ2n) is 3.39. The summed E-state index contributed by atoms with van der Waals surface area (Å²) in [7, 11) is 0. The zero-order valence-corrected chi connectivity index (χ0v) is 9.92. The molecule has 0 aliphatic carbocycles. The van der Waals surface area contributed by atoms with E-state index in [2.05, 4.69) is 15.4 Å². The van der Waals surface area contributed by atoms with Crippen molar-refractivity contribution < 1.29 is 17.7 Å². The molecule has 2 aromatic rings. The summed E-state index contributed by atoms with van der Waals surface area (Å²) < 4.78 is 42.4. The fourth-order valence-electron chi connectivity index (χ4n) is 1.19. The number of rotatable bonds is 3. The lowest BCUT2D eigenvalue weighted by Gasteiger charge is -2.05. The van der Waals surface area contributed by atoms with Gasteiger partial charge in [0.25, 0.3) is 5.82 Å². The third kappa shape index (κ3) is 2.58. The summed E-state index contributed by atoms with van der Waals surface area (Å²) in [5, 5.41) is 10.0. The fraction of sp³-hybridized carbons (Fsp3) is 0.375. The van der Waals surface area contributed by atoms with Gasteiger partial charge in [0.1, 0.15) is 5.76 Å². The summed E-state index contributed by atoms with van der Waals surface area (Å²) in [5.41, 5.74) is 0.592. The third-order valence-electron chi connectivity index (χ3n) is 1.94. The molecule has 0 saturated carbocycles. The van der Waals surface area contributed by atoms with E-state index in [0.717, 1.165) is 11.8 Å². The van der Waals surface area contributed by atoms with Crippen LogP contribution < -0.4 is 5.84 Å². The van der Waals surface area contributed by atoms with Gasteiger partial charge in [0, 0.05) is 11.8 Å². The number of halogens is 3. The number of alkyl halides is 3. The Morgan fingerprint density at radius 1 is 1.44 bits per heavy atom. The van der Waals surface area contributed by atoms with Gasteiger partial charge >= 0.3 is 6.18 Å². The molecule has 0 aromatic carbocycles. The van der Waals surface area contributed by atoms with Gasteiger partial charge in [0.05, 0.1) is 5.69 Å². The number of nitrogens with two attached hydrogens (primary N) is 1. The molecular weight excluding hydrogens is 271 g/mol. The Morgan fingerprint density at radius 2 is 2.17 bits per heavy atom. The molecule has 0 aliphatic rings. The van der Waals surface area contributed by atoms with Crippen LogP contribution in [0.25, 0.3) is 0 Å². The fourth-order valence-corrected chi connectivity index (χ4v) is 1.93. The third-order valence-corrected chi connectivity index (χ3v) is 2.92.